The lowest BCUT2D eigenvalue weighted by Gasteiger charge is -2.32. The number of halogens is 3. The van der Waals surface area contributed by atoms with E-state index in [0.717, 1.165) is 12.1 Å². The zero-order chi connectivity index (χ0) is 28.3. The number of benzene rings is 1. The van der Waals surface area contributed by atoms with Gasteiger partial charge in [-0.25, -0.2) is 15.0 Å². The molecule has 2 amide bonds. The Bertz CT molecular complexity index is 1340. The summed E-state index contributed by atoms with van der Waals surface area (Å²) in [4.78, 5) is 43.8. The number of carbonyl (C=O) groups excluding carboxylic acids is 2. The molecule has 2 saturated heterocycles. The van der Waals surface area contributed by atoms with Crippen molar-refractivity contribution < 1.29 is 27.5 Å². The third-order valence-electron chi connectivity index (χ3n) is 6.86. The first kappa shape index (κ1) is 27.8. The minimum Gasteiger partial charge on any atom is -0.460 e. The van der Waals surface area contributed by atoms with Gasteiger partial charge in [-0.2, -0.15) is 13.2 Å². The van der Waals surface area contributed by atoms with Gasteiger partial charge in [0.05, 0.1) is 11.3 Å². The molecule has 0 saturated carbocycles. The molecule has 3 aromatic rings. The van der Waals surface area contributed by atoms with Crippen molar-refractivity contribution in [2.75, 3.05) is 56.5 Å². The van der Waals surface area contributed by atoms with E-state index in [1.807, 2.05) is 16.8 Å². The Morgan fingerprint density at radius 1 is 1.05 bits per heavy atom. The van der Waals surface area contributed by atoms with Crippen molar-refractivity contribution in [1.29, 1.82) is 0 Å². The van der Waals surface area contributed by atoms with Crippen LogP contribution in [0.3, 0.4) is 0 Å². The van der Waals surface area contributed by atoms with E-state index in [1.165, 1.54) is 27.7 Å². The number of nitrogens with one attached hydrogen (secondary N) is 1. The number of aromatic nitrogens is 3. The Morgan fingerprint density at radius 3 is 2.42 bits per heavy atom. The first-order chi connectivity index (χ1) is 19.2. The molecule has 2 aliphatic heterocycles. The van der Waals surface area contributed by atoms with Gasteiger partial charge >= 0.3 is 12.2 Å². The molecule has 0 bridgehead atoms. The molecule has 40 heavy (non-hydrogen) atoms. The highest BCUT2D eigenvalue weighted by molar-refractivity contribution is 7.14. The second kappa shape index (κ2) is 11.8. The third-order valence-corrected chi connectivity index (χ3v) is 7.76. The van der Waals surface area contributed by atoms with E-state index in [1.54, 1.807) is 18.5 Å². The topological polar surface area (TPSA) is 104 Å². The number of nitrogens with zero attached hydrogens (tertiary/aromatic N) is 6. The Labute approximate surface area is 232 Å². The molecule has 1 aromatic carbocycles. The van der Waals surface area contributed by atoms with Crippen LogP contribution < -0.4 is 15.0 Å². The van der Waals surface area contributed by atoms with Crippen LogP contribution in [0.1, 0.15) is 39.3 Å². The maximum absolute atomic E-state index is 13.9. The molecule has 4 heterocycles. The summed E-state index contributed by atoms with van der Waals surface area (Å²) in [6.45, 7) is 3.44. The lowest BCUT2D eigenvalue weighted by Crippen LogP contribution is -2.47. The van der Waals surface area contributed by atoms with Crippen molar-refractivity contribution in [3.8, 4) is 6.01 Å². The molecule has 10 nitrogen and oxygen atoms in total. The number of carbonyl (C=O) groups is 2. The Morgan fingerprint density at radius 2 is 1.75 bits per heavy atom. The van der Waals surface area contributed by atoms with Gasteiger partial charge in [-0.05, 0) is 31.3 Å². The van der Waals surface area contributed by atoms with E-state index in [0.29, 0.717) is 63.3 Å². The fraction of sp³-hybridized carbons (Fsp3) is 0.423. The van der Waals surface area contributed by atoms with E-state index < -0.39 is 29.2 Å². The summed E-state index contributed by atoms with van der Waals surface area (Å²) in [5, 5.41) is 4.45. The highest BCUT2D eigenvalue weighted by Crippen LogP contribution is 2.36. The average molecular weight is 576 g/mol. The number of likely N-dealkylation sites (N-methyl/N-ethyl adjacent to an activating group) is 1. The second-order valence-electron chi connectivity index (χ2n) is 9.66. The van der Waals surface area contributed by atoms with Gasteiger partial charge in [0, 0.05) is 75.4 Å². The zero-order valence-electron chi connectivity index (χ0n) is 21.7. The van der Waals surface area contributed by atoms with Gasteiger partial charge in [-0.3, -0.25) is 9.59 Å². The Hall–Kier alpha value is -3.78. The number of piperazine rings is 1. The van der Waals surface area contributed by atoms with Crippen LogP contribution in [0.4, 0.5) is 24.0 Å². The van der Waals surface area contributed by atoms with Crippen LogP contribution in [0, 0.1) is 0 Å². The van der Waals surface area contributed by atoms with Crippen LogP contribution in [0.25, 0.3) is 0 Å². The molecule has 2 fully saturated rings. The molecular formula is C26H28F3N7O3S. The predicted octanol–water partition coefficient (Wildman–Crippen LogP) is 3.64. The van der Waals surface area contributed by atoms with Gasteiger partial charge in [0.25, 0.3) is 11.8 Å². The first-order valence-corrected chi connectivity index (χ1v) is 13.7. The third kappa shape index (κ3) is 6.50. The van der Waals surface area contributed by atoms with E-state index in [2.05, 4.69) is 20.3 Å². The van der Waals surface area contributed by atoms with Gasteiger partial charge in [-0.15, -0.1) is 11.3 Å². The van der Waals surface area contributed by atoms with Gasteiger partial charge in [0.2, 0.25) is 0 Å². The minimum atomic E-state index is -4.77. The fourth-order valence-electron chi connectivity index (χ4n) is 4.57. The molecular weight excluding hydrogens is 547 g/mol. The summed E-state index contributed by atoms with van der Waals surface area (Å²) < 4.78 is 47.6. The molecule has 212 valence electrons. The smallest absolute Gasteiger partial charge is 0.418 e. The average Bonchev–Trinajstić information content (AvgIpc) is 3.44. The summed E-state index contributed by atoms with van der Waals surface area (Å²) in [6.07, 6.45) is -0.195. The molecule has 5 rings (SSSR count). The van der Waals surface area contributed by atoms with Crippen LogP contribution in [0.15, 0.2) is 42.0 Å². The van der Waals surface area contributed by atoms with Crippen LogP contribution >= 0.6 is 11.3 Å². The number of amides is 2. The van der Waals surface area contributed by atoms with Crippen molar-refractivity contribution in [2.45, 2.75) is 25.1 Å². The van der Waals surface area contributed by atoms with Gasteiger partial charge in [-0.1, -0.05) is 0 Å². The van der Waals surface area contributed by atoms with E-state index >= 15 is 0 Å². The van der Waals surface area contributed by atoms with Gasteiger partial charge < -0.3 is 24.8 Å². The summed E-state index contributed by atoms with van der Waals surface area (Å²) in [6, 6.07) is 5.27. The molecule has 0 spiro atoms. The molecule has 0 radical (unpaired) electrons. The highest BCUT2D eigenvalue weighted by Gasteiger charge is 2.36. The number of alkyl halides is 3. The van der Waals surface area contributed by atoms with Gasteiger partial charge in [0.15, 0.2) is 5.13 Å². The number of hydrogen-bond donors (Lipinski definition) is 1. The number of rotatable bonds is 6. The van der Waals surface area contributed by atoms with Crippen LogP contribution in [0.2, 0.25) is 0 Å². The minimum absolute atomic E-state index is 0.0155. The summed E-state index contributed by atoms with van der Waals surface area (Å²) in [7, 11) is 1.92. The Balaban J connectivity index is 1.23. The van der Waals surface area contributed by atoms with E-state index in [9.17, 15) is 22.8 Å². The van der Waals surface area contributed by atoms with Crippen molar-refractivity contribution in [3.05, 3.63) is 58.9 Å². The Kier molecular flexibility index (Phi) is 8.17. The van der Waals surface area contributed by atoms with E-state index in [4.69, 9.17) is 4.74 Å². The SMILES string of the molecule is CN1CCN(C(=O)c2ccc(NC(=O)c3csc(N4CCC(Oc5ncccn5)CC4)n3)c(C(F)(F)F)c2)CC1. The molecule has 0 atom stereocenters. The van der Waals surface area contributed by atoms with Crippen molar-refractivity contribution in [3.63, 3.8) is 0 Å². The van der Waals surface area contributed by atoms with Crippen LogP contribution in [0.5, 0.6) is 6.01 Å². The lowest BCUT2D eigenvalue weighted by molar-refractivity contribution is -0.136. The lowest BCUT2D eigenvalue weighted by atomic mass is 10.1. The monoisotopic (exact) mass is 575 g/mol. The maximum Gasteiger partial charge on any atom is 0.418 e. The standard InChI is InChI=1S/C26H28F3N7O3S/c1-34-11-13-35(14-12-34)23(38)17-3-4-20(19(15-17)26(27,28)29)32-22(37)21-16-40-25(33-21)36-9-5-18(6-10-36)39-24-30-7-2-8-31-24/h2-4,7-8,15-16,18H,5-6,9-14H2,1H3,(H,32,37). The second-order valence-corrected chi connectivity index (χ2v) is 10.5. The molecule has 1 N–H and O–H groups in total. The van der Waals surface area contributed by atoms with E-state index in [-0.39, 0.29) is 17.4 Å². The number of anilines is 2. The quantitative estimate of drug-likeness (QED) is 0.475. The largest absolute Gasteiger partial charge is 0.460 e. The predicted molar refractivity (Wildman–Crippen MR) is 143 cm³/mol. The molecule has 14 heteroatoms. The summed E-state index contributed by atoms with van der Waals surface area (Å²) in [5.74, 6) is -1.23. The summed E-state index contributed by atoms with van der Waals surface area (Å²) >= 11 is 1.24. The van der Waals surface area contributed by atoms with Crippen LogP contribution in [-0.2, 0) is 6.18 Å². The van der Waals surface area contributed by atoms with Crippen molar-refractivity contribution >= 4 is 34.0 Å². The number of thiazole rings is 1. The number of hydrogen-bond acceptors (Lipinski definition) is 9. The number of piperidine rings is 1. The number of ether oxygens (including phenoxy) is 1. The zero-order valence-corrected chi connectivity index (χ0v) is 22.5. The fourth-order valence-corrected chi connectivity index (χ4v) is 5.43. The first-order valence-electron chi connectivity index (χ1n) is 12.8. The van der Waals surface area contributed by atoms with Crippen molar-refractivity contribution in [1.82, 2.24) is 24.8 Å². The molecule has 0 aliphatic carbocycles. The molecule has 0 unspecified atom stereocenters. The van der Waals surface area contributed by atoms with Crippen LogP contribution in [-0.4, -0.2) is 89.0 Å². The maximum atomic E-state index is 13.9. The summed E-state index contributed by atoms with van der Waals surface area (Å²) in [5.41, 5.74) is -1.57. The van der Waals surface area contributed by atoms with Crippen molar-refractivity contribution in [2.24, 2.45) is 0 Å². The van der Waals surface area contributed by atoms with Gasteiger partial charge in [0.1, 0.15) is 11.8 Å². The normalized spacial score (nSPS) is 17.1. The molecule has 2 aromatic heterocycles. The highest BCUT2D eigenvalue weighted by atomic mass is 32.1. The molecule has 2 aliphatic rings.